The second-order valence-electron chi connectivity index (χ2n) is 3.18. The molecule has 3 aromatic rings. The van der Waals surface area contributed by atoms with Gasteiger partial charge in [0.2, 0.25) is 0 Å². The number of rotatable bonds is 1. The molecular weight excluding hydrogens is 174 g/mol. The summed E-state index contributed by atoms with van der Waals surface area (Å²) in [7, 11) is 0. The lowest BCUT2D eigenvalue weighted by molar-refractivity contribution is 1.32. The first-order valence-electron chi connectivity index (χ1n) is 4.51. The van der Waals surface area contributed by atoms with Crippen molar-refractivity contribution in [2.45, 2.75) is 0 Å². The van der Waals surface area contributed by atoms with Crippen LogP contribution in [0.3, 0.4) is 0 Å². The number of aromatic nitrogens is 3. The number of benzene rings is 1. The summed E-state index contributed by atoms with van der Waals surface area (Å²) in [6.07, 6.45) is 5.54. The highest BCUT2D eigenvalue weighted by molar-refractivity contribution is 5.93. The minimum atomic E-state index is 0.912. The molecule has 0 amide bonds. The van der Waals surface area contributed by atoms with E-state index in [1.54, 1.807) is 6.20 Å². The summed E-state index contributed by atoms with van der Waals surface area (Å²) >= 11 is 0. The maximum Gasteiger partial charge on any atom is 0.137 e. The Hall–Kier alpha value is -2.03. The molecular formula is C11H9N3. The highest BCUT2D eigenvalue weighted by Gasteiger charge is 2.04. The van der Waals surface area contributed by atoms with Crippen LogP contribution in [0.2, 0.25) is 0 Å². The van der Waals surface area contributed by atoms with Gasteiger partial charge in [-0.3, -0.25) is 0 Å². The summed E-state index contributed by atoms with van der Waals surface area (Å²) in [6.45, 7) is 0. The number of nitrogens with one attached hydrogen (secondary N) is 2. The van der Waals surface area contributed by atoms with E-state index in [2.05, 4.69) is 33.2 Å². The highest BCUT2D eigenvalue weighted by Crippen LogP contribution is 2.24. The Kier molecular flexibility index (Phi) is 1.44. The molecule has 3 rings (SSSR count). The topological polar surface area (TPSA) is 44.5 Å². The van der Waals surface area contributed by atoms with Crippen molar-refractivity contribution in [3.8, 4) is 11.4 Å². The van der Waals surface area contributed by atoms with Gasteiger partial charge >= 0.3 is 0 Å². The summed E-state index contributed by atoms with van der Waals surface area (Å²) in [5.41, 5.74) is 2.27. The van der Waals surface area contributed by atoms with Crippen molar-refractivity contribution in [3.05, 3.63) is 42.9 Å². The van der Waals surface area contributed by atoms with Crippen molar-refractivity contribution in [2.24, 2.45) is 0 Å². The Labute approximate surface area is 80.8 Å². The normalized spacial score (nSPS) is 10.9. The summed E-state index contributed by atoms with van der Waals surface area (Å²) in [5.74, 6) is 0.912. The Balaban J connectivity index is 2.36. The molecule has 3 nitrogen and oxygen atoms in total. The molecule has 3 heteroatoms. The van der Waals surface area contributed by atoms with Crippen molar-refractivity contribution in [2.75, 3.05) is 0 Å². The summed E-state index contributed by atoms with van der Waals surface area (Å²) < 4.78 is 0. The monoisotopic (exact) mass is 183 g/mol. The van der Waals surface area contributed by atoms with E-state index in [9.17, 15) is 0 Å². The molecule has 0 bridgehead atoms. The number of H-pyrrole nitrogens is 2. The molecule has 0 fully saturated rings. The Bertz CT molecular complexity index is 549. The van der Waals surface area contributed by atoms with Gasteiger partial charge in [-0.25, -0.2) is 4.98 Å². The average molecular weight is 183 g/mol. The van der Waals surface area contributed by atoms with Gasteiger partial charge in [0.15, 0.2) is 0 Å². The van der Waals surface area contributed by atoms with Crippen LogP contribution in [-0.2, 0) is 0 Å². The zero-order chi connectivity index (χ0) is 9.38. The lowest BCUT2D eigenvalue weighted by Crippen LogP contribution is -1.80. The van der Waals surface area contributed by atoms with Crippen molar-refractivity contribution >= 4 is 10.9 Å². The van der Waals surface area contributed by atoms with Gasteiger partial charge in [0.05, 0.1) is 0 Å². The van der Waals surface area contributed by atoms with E-state index in [1.807, 2.05) is 18.5 Å². The predicted octanol–water partition coefficient (Wildman–Crippen LogP) is 2.56. The average Bonchev–Trinajstić information content (AvgIpc) is 2.88. The number of aromatic amines is 2. The van der Waals surface area contributed by atoms with Crippen LogP contribution in [0.15, 0.2) is 42.9 Å². The SMILES string of the molecule is c1cc(-c2ncc[nH]2)c2cc[nH]c2c1. The molecule has 0 saturated carbocycles. The lowest BCUT2D eigenvalue weighted by atomic mass is 10.1. The highest BCUT2D eigenvalue weighted by atomic mass is 14.9. The molecule has 0 saturated heterocycles. The number of imidazole rings is 1. The van der Waals surface area contributed by atoms with Crippen LogP contribution in [0.25, 0.3) is 22.3 Å². The molecule has 68 valence electrons. The lowest BCUT2D eigenvalue weighted by Gasteiger charge is -1.98. The molecule has 2 heterocycles. The fourth-order valence-electron chi connectivity index (χ4n) is 1.70. The molecule has 0 unspecified atom stereocenters. The first-order valence-corrected chi connectivity index (χ1v) is 4.51. The number of hydrogen-bond acceptors (Lipinski definition) is 1. The Morgan fingerprint density at radius 3 is 2.86 bits per heavy atom. The van der Waals surface area contributed by atoms with Crippen molar-refractivity contribution in [1.82, 2.24) is 15.0 Å². The third-order valence-electron chi connectivity index (χ3n) is 2.35. The van der Waals surface area contributed by atoms with Gasteiger partial charge in [0, 0.05) is 35.1 Å². The van der Waals surface area contributed by atoms with Crippen LogP contribution in [0.4, 0.5) is 0 Å². The summed E-state index contributed by atoms with van der Waals surface area (Å²) in [6, 6.07) is 8.21. The number of nitrogens with zero attached hydrogens (tertiary/aromatic N) is 1. The molecule has 0 aliphatic heterocycles. The first kappa shape index (κ1) is 7.38. The second-order valence-corrected chi connectivity index (χ2v) is 3.18. The number of hydrogen-bond donors (Lipinski definition) is 2. The maximum absolute atomic E-state index is 4.25. The van der Waals surface area contributed by atoms with E-state index in [0.717, 1.165) is 16.9 Å². The third-order valence-corrected chi connectivity index (χ3v) is 2.35. The third kappa shape index (κ3) is 0.956. The van der Waals surface area contributed by atoms with E-state index in [4.69, 9.17) is 0 Å². The van der Waals surface area contributed by atoms with Gasteiger partial charge in [0.1, 0.15) is 5.82 Å². The van der Waals surface area contributed by atoms with Crippen molar-refractivity contribution in [1.29, 1.82) is 0 Å². The summed E-state index contributed by atoms with van der Waals surface area (Å²) in [4.78, 5) is 10.5. The van der Waals surface area contributed by atoms with Crippen LogP contribution in [-0.4, -0.2) is 15.0 Å². The maximum atomic E-state index is 4.25. The van der Waals surface area contributed by atoms with Crippen LogP contribution >= 0.6 is 0 Å². The van der Waals surface area contributed by atoms with Gasteiger partial charge in [-0.1, -0.05) is 12.1 Å². The molecule has 0 aliphatic rings. The fraction of sp³-hybridized carbons (Fsp3) is 0. The molecule has 2 N–H and O–H groups in total. The molecule has 14 heavy (non-hydrogen) atoms. The van der Waals surface area contributed by atoms with Crippen LogP contribution in [0, 0.1) is 0 Å². The minimum absolute atomic E-state index is 0.912. The van der Waals surface area contributed by atoms with Gasteiger partial charge in [-0.15, -0.1) is 0 Å². The van der Waals surface area contributed by atoms with Crippen LogP contribution in [0.5, 0.6) is 0 Å². The minimum Gasteiger partial charge on any atom is -0.361 e. The van der Waals surface area contributed by atoms with Gasteiger partial charge in [-0.05, 0) is 12.1 Å². The number of fused-ring (bicyclic) bond motifs is 1. The Morgan fingerprint density at radius 1 is 1.00 bits per heavy atom. The van der Waals surface area contributed by atoms with Crippen LogP contribution < -0.4 is 0 Å². The fourth-order valence-corrected chi connectivity index (χ4v) is 1.70. The summed E-state index contributed by atoms with van der Waals surface area (Å²) in [5, 5.41) is 1.20. The van der Waals surface area contributed by atoms with E-state index in [-0.39, 0.29) is 0 Å². The van der Waals surface area contributed by atoms with Crippen molar-refractivity contribution < 1.29 is 0 Å². The first-order chi connectivity index (χ1) is 6.95. The van der Waals surface area contributed by atoms with Gasteiger partial charge in [-0.2, -0.15) is 0 Å². The Morgan fingerprint density at radius 2 is 2.00 bits per heavy atom. The second kappa shape index (κ2) is 2.73. The smallest absolute Gasteiger partial charge is 0.137 e. The van der Waals surface area contributed by atoms with E-state index < -0.39 is 0 Å². The van der Waals surface area contributed by atoms with E-state index >= 15 is 0 Å². The zero-order valence-corrected chi connectivity index (χ0v) is 7.49. The molecule has 1 aromatic carbocycles. The molecule has 0 radical (unpaired) electrons. The van der Waals surface area contributed by atoms with Crippen molar-refractivity contribution in [3.63, 3.8) is 0 Å². The molecule has 0 aliphatic carbocycles. The molecule has 0 spiro atoms. The van der Waals surface area contributed by atoms with E-state index in [0.29, 0.717) is 0 Å². The predicted molar refractivity (Wildman–Crippen MR) is 55.9 cm³/mol. The zero-order valence-electron chi connectivity index (χ0n) is 7.49. The molecule has 0 atom stereocenters. The quantitative estimate of drug-likeness (QED) is 0.598. The van der Waals surface area contributed by atoms with Gasteiger partial charge in [0.25, 0.3) is 0 Å². The van der Waals surface area contributed by atoms with Gasteiger partial charge < -0.3 is 9.97 Å². The molecule has 2 aromatic heterocycles. The largest absolute Gasteiger partial charge is 0.361 e. The van der Waals surface area contributed by atoms with E-state index in [1.165, 1.54) is 5.39 Å². The standard InChI is InChI=1S/C11H9N3/c1-2-9(11-13-6-7-14-11)8-4-5-12-10(8)3-1/h1-7,12H,(H,13,14). The van der Waals surface area contributed by atoms with Crippen LogP contribution in [0.1, 0.15) is 0 Å².